The van der Waals surface area contributed by atoms with Crippen LogP contribution in [0.15, 0.2) is 48.7 Å². The lowest BCUT2D eigenvalue weighted by molar-refractivity contribution is -0.120. The third kappa shape index (κ3) is 4.13. The molecule has 2 N–H and O–H groups in total. The quantitative estimate of drug-likeness (QED) is 0.654. The van der Waals surface area contributed by atoms with Gasteiger partial charge in [-0.3, -0.25) is 9.59 Å². The second kappa shape index (κ2) is 7.99. The molecule has 0 saturated heterocycles. The van der Waals surface area contributed by atoms with E-state index in [4.69, 9.17) is 0 Å². The van der Waals surface area contributed by atoms with Crippen LogP contribution in [0, 0.1) is 11.6 Å². The summed E-state index contributed by atoms with van der Waals surface area (Å²) in [5, 5.41) is 6.10. The van der Waals surface area contributed by atoms with Crippen molar-refractivity contribution in [2.24, 2.45) is 7.05 Å². The van der Waals surface area contributed by atoms with Crippen LogP contribution in [0.2, 0.25) is 0 Å². The number of para-hydroxylation sites is 1. The fraction of sp³-hybridized carbons (Fsp3) is 0.200. The Hall–Kier alpha value is -3.22. The molecule has 0 aliphatic carbocycles. The van der Waals surface area contributed by atoms with Gasteiger partial charge >= 0.3 is 0 Å². The van der Waals surface area contributed by atoms with Gasteiger partial charge in [0, 0.05) is 37.2 Å². The molecule has 1 heterocycles. The van der Waals surface area contributed by atoms with Gasteiger partial charge in [0.25, 0.3) is 5.91 Å². The number of amides is 2. The summed E-state index contributed by atoms with van der Waals surface area (Å²) in [6.07, 6.45) is 2.12. The predicted molar refractivity (Wildman–Crippen MR) is 98.3 cm³/mol. The van der Waals surface area contributed by atoms with E-state index in [1.165, 1.54) is 6.07 Å². The molecule has 0 fully saturated rings. The molecule has 1 aromatic heterocycles. The number of rotatable bonds is 6. The zero-order chi connectivity index (χ0) is 19.4. The summed E-state index contributed by atoms with van der Waals surface area (Å²) in [4.78, 5) is 24.0. The van der Waals surface area contributed by atoms with Crippen molar-refractivity contribution in [1.29, 1.82) is 0 Å². The van der Waals surface area contributed by atoms with Gasteiger partial charge < -0.3 is 15.2 Å². The van der Waals surface area contributed by atoms with E-state index in [0.29, 0.717) is 0 Å². The van der Waals surface area contributed by atoms with E-state index >= 15 is 0 Å². The monoisotopic (exact) mass is 371 g/mol. The van der Waals surface area contributed by atoms with Gasteiger partial charge in [0.05, 0.1) is 6.42 Å². The van der Waals surface area contributed by atoms with Gasteiger partial charge in [-0.15, -0.1) is 0 Å². The number of carbonyl (C=O) groups is 2. The average Bonchev–Trinajstić information content (AvgIpc) is 2.95. The fourth-order valence-electron chi connectivity index (χ4n) is 2.98. The maximum atomic E-state index is 13.5. The van der Waals surface area contributed by atoms with E-state index < -0.39 is 23.1 Å². The van der Waals surface area contributed by atoms with Crippen LogP contribution in [0.5, 0.6) is 0 Å². The molecular weight excluding hydrogens is 352 g/mol. The summed E-state index contributed by atoms with van der Waals surface area (Å²) < 4.78 is 29.0. The number of benzene rings is 2. The van der Waals surface area contributed by atoms with Crippen molar-refractivity contribution < 1.29 is 18.4 Å². The van der Waals surface area contributed by atoms with E-state index in [2.05, 4.69) is 10.6 Å². The zero-order valence-corrected chi connectivity index (χ0v) is 14.8. The van der Waals surface area contributed by atoms with Crippen LogP contribution in [-0.2, 0) is 18.3 Å². The lowest BCUT2D eigenvalue weighted by Gasteiger charge is -2.08. The Labute approximate surface area is 155 Å². The van der Waals surface area contributed by atoms with Crippen molar-refractivity contribution in [3.05, 3.63) is 71.4 Å². The Bertz CT molecular complexity index is 978. The maximum absolute atomic E-state index is 13.5. The Morgan fingerprint density at radius 1 is 0.963 bits per heavy atom. The van der Waals surface area contributed by atoms with Gasteiger partial charge in [-0.05, 0) is 23.8 Å². The van der Waals surface area contributed by atoms with Crippen LogP contribution in [0.4, 0.5) is 8.78 Å². The molecule has 5 nitrogen and oxygen atoms in total. The highest BCUT2D eigenvalue weighted by Gasteiger charge is 2.16. The summed E-state index contributed by atoms with van der Waals surface area (Å²) in [5.41, 5.74) is 1.32. The Balaban J connectivity index is 1.50. The number of hydrogen-bond donors (Lipinski definition) is 2. The van der Waals surface area contributed by atoms with Gasteiger partial charge in [0.1, 0.15) is 17.2 Å². The van der Waals surface area contributed by atoms with E-state index in [0.717, 1.165) is 28.6 Å². The first-order chi connectivity index (χ1) is 13.0. The van der Waals surface area contributed by atoms with E-state index in [9.17, 15) is 18.4 Å². The van der Waals surface area contributed by atoms with Crippen LogP contribution in [0.25, 0.3) is 10.9 Å². The van der Waals surface area contributed by atoms with Crippen LogP contribution < -0.4 is 10.6 Å². The van der Waals surface area contributed by atoms with Crippen molar-refractivity contribution in [2.75, 3.05) is 13.1 Å². The highest BCUT2D eigenvalue weighted by molar-refractivity contribution is 5.94. The minimum Gasteiger partial charge on any atom is -0.354 e. The molecule has 0 aliphatic rings. The van der Waals surface area contributed by atoms with Gasteiger partial charge in [-0.1, -0.05) is 24.3 Å². The molecule has 2 amide bonds. The Morgan fingerprint density at radius 2 is 1.63 bits per heavy atom. The molecule has 0 saturated carbocycles. The van der Waals surface area contributed by atoms with Crippen molar-refractivity contribution in [3.63, 3.8) is 0 Å². The summed E-state index contributed by atoms with van der Waals surface area (Å²) in [6.45, 7) is 0.222. The van der Waals surface area contributed by atoms with Crippen molar-refractivity contribution in [1.82, 2.24) is 15.2 Å². The number of nitrogens with one attached hydrogen (secondary N) is 2. The van der Waals surface area contributed by atoms with Crippen LogP contribution in [0.1, 0.15) is 15.9 Å². The van der Waals surface area contributed by atoms with Gasteiger partial charge in [-0.2, -0.15) is 0 Å². The molecule has 0 unspecified atom stereocenters. The third-order valence-corrected chi connectivity index (χ3v) is 4.25. The van der Waals surface area contributed by atoms with Gasteiger partial charge in [-0.25, -0.2) is 8.78 Å². The smallest absolute Gasteiger partial charge is 0.257 e. The normalized spacial score (nSPS) is 10.8. The van der Waals surface area contributed by atoms with Crippen molar-refractivity contribution in [2.45, 2.75) is 6.42 Å². The molecule has 0 aliphatic heterocycles. The summed E-state index contributed by atoms with van der Waals surface area (Å²) in [7, 11) is 1.92. The molecule has 0 radical (unpaired) electrons. The Morgan fingerprint density at radius 3 is 2.37 bits per heavy atom. The first-order valence-corrected chi connectivity index (χ1v) is 8.49. The van der Waals surface area contributed by atoms with Gasteiger partial charge in [0.15, 0.2) is 0 Å². The number of nitrogens with zero attached hydrogens (tertiary/aromatic N) is 1. The van der Waals surface area contributed by atoms with E-state index in [-0.39, 0.29) is 25.4 Å². The first-order valence-electron chi connectivity index (χ1n) is 8.49. The molecule has 27 heavy (non-hydrogen) atoms. The second-order valence-electron chi connectivity index (χ2n) is 6.16. The molecule has 7 heteroatoms. The highest BCUT2D eigenvalue weighted by atomic mass is 19.1. The molecular formula is C20H19F2N3O2. The van der Waals surface area contributed by atoms with Crippen LogP contribution >= 0.6 is 0 Å². The molecule has 3 rings (SSSR count). The molecule has 0 bridgehead atoms. The molecule has 3 aromatic rings. The van der Waals surface area contributed by atoms with Crippen molar-refractivity contribution >= 4 is 22.7 Å². The average molecular weight is 371 g/mol. The zero-order valence-electron chi connectivity index (χ0n) is 14.8. The van der Waals surface area contributed by atoms with E-state index in [1.807, 2.05) is 42.1 Å². The number of hydrogen-bond acceptors (Lipinski definition) is 2. The molecule has 0 spiro atoms. The molecule has 2 aromatic carbocycles. The predicted octanol–water partition coefficient (Wildman–Crippen LogP) is 2.55. The highest BCUT2D eigenvalue weighted by Crippen LogP contribution is 2.20. The summed E-state index contributed by atoms with van der Waals surface area (Å²) >= 11 is 0. The van der Waals surface area contributed by atoms with Crippen LogP contribution in [-0.4, -0.2) is 29.5 Å². The second-order valence-corrected chi connectivity index (χ2v) is 6.16. The van der Waals surface area contributed by atoms with Crippen molar-refractivity contribution in [3.8, 4) is 0 Å². The number of aryl methyl sites for hydroxylation is 1. The number of fused-ring (bicyclic) bond motifs is 1. The lowest BCUT2D eigenvalue weighted by atomic mass is 10.1. The lowest BCUT2D eigenvalue weighted by Crippen LogP contribution is -2.35. The minimum atomic E-state index is -0.924. The first kappa shape index (κ1) is 18.6. The van der Waals surface area contributed by atoms with Gasteiger partial charge in [0.2, 0.25) is 5.91 Å². The maximum Gasteiger partial charge on any atom is 0.257 e. The SMILES string of the molecule is Cn1cc(CC(=O)NCCNC(=O)c2c(F)cccc2F)c2ccccc21. The van der Waals surface area contributed by atoms with Crippen LogP contribution in [0.3, 0.4) is 0 Å². The molecule has 0 atom stereocenters. The number of aromatic nitrogens is 1. The number of halogens is 2. The third-order valence-electron chi connectivity index (χ3n) is 4.25. The largest absolute Gasteiger partial charge is 0.354 e. The topological polar surface area (TPSA) is 63.1 Å². The minimum absolute atomic E-state index is 0.0634. The molecule has 140 valence electrons. The fourth-order valence-corrected chi connectivity index (χ4v) is 2.98. The number of carbonyl (C=O) groups excluding carboxylic acids is 2. The standard InChI is InChI=1S/C20H19F2N3O2/c1-25-12-13(14-5-2-3-8-17(14)25)11-18(26)23-9-10-24-20(27)19-15(21)6-4-7-16(19)22/h2-8,12H,9-11H2,1H3,(H,23,26)(H,24,27). The summed E-state index contributed by atoms with van der Waals surface area (Å²) in [6, 6.07) is 11.0. The summed E-state index contributed by atoms with van der Waals surface area (Å²) in [5.74, 6) is -2.90. The Kier molecular flexibility index (Phi) is 5.49. The van der Waals surface area contributed by atoms with E-state index in [1.54, 1.807) is 0 Å².